The molecule has 0 aliphatic carbocycles. The number of hydrogen-bond acceptors (Lipinski definition) is 4. The van der Waals surface area contributed by atoms with Crippen LogP contribution in [0, 0.1) is 0 Å². The van der Waals surface area contributed by atoms with Crippen LogP contribution in [0.15, 0.2) is 0 Å². The van der Waals surface area contributed by atoms with E-state index in [1.807, 2.05) is 0 Å². The summed E-state index contributed by atoms with van der Waals surface area (Å²) in [6.07, 6.45) is -3.93. The largest absolute Gasteiger partial charge is 0.406 e. The minimum Gasteiger partial charge on any atom is -0.198 e. The van der Waals surface area contributed by atoms with Gasteiger partial charge in [0.05, 0.1) is 6.26 Å². The molecular weight excluding hydrogens is 271 g/mol. The maximum Gasteiger partial charge on any atom is 0.406 e. The third-order valence-corrected chi connectivity index (χ3v) is 2.91. The second kappa shape index (κ2) is 4.67. The van der Waals surface area contributed by atoms with E-state index in [1.54, 1.807) is 0 Å². The van der Waals surface area contributed by atoms with Crippen molar-refractivity contribution in [2.45, 2.75) is 30.4 Å². The fourth-order valence-electron chi connectivity index (χ4n) is 1.48. The highest BCUT2D eigenvalue weighted by molar-refractivity contribution is 7.85. The highest BCUT2D eigenvalue weighted by atomic mass is 35.5. The molecule has 2 atom stereocenters. The lowest BCUT2D eigenvalue weighted by atomic mass is 10.0. The van der Waals surface area contributed by atoms with Crippen LogP contribution in [0.3, 0.4) is 0 Å². The summed E-state index contributed by atoms with van der Waals surface area (Å²) in [6, 6.07) is -1.92. The zero-order valence-electron chi connectivity index (χ0n) is 8.37. The highest BCUT2D eigenvalue weighted by Crippen LogP contribution is 2.33. The zero-order chi connectivity index (χ0) is 12.6. The Morgan fingerprint density at radius 2 is 1.94 bits per heavy atom. The molecule has 0 spiro atoms. The normalized spacial score (nSPS) is 29.3. The average molecular weight is 282 g/mol. The van der Waals surface area contributed by atoms with Crippen molar-refractivity contribution < 1.29 is 25.9 Å². The summed E-state index contributed by atoms with van der Waals surface area (Å²) in [5, 5.41) is -0.142. The topological polar surface area (TPSA) is 46.6 Å². The second-order valence-electron chi connectivity index (χ2n) is 3.61. The van der Waals surface area contributed by atoms with E-state index < -0.39 is 27.7 Å². The van der Waals surface area contributed by atoms with Crippen LogP contribution in [0.25, 0.3) is 0 Å². The molecule has 0 saturated carbocycles. The highest BCUT2D eigenvalue weighted by Gasteiger charge is 2.47. The smallest absolute Gasteiger partial charge is 0.198 e. The number of hydrogen-bond donors (Lipinski definition) is 0. The van der Waals surface area contributed by atoms with Gasteiger partial charge in [-0.05, 0) is 12.8 Å². The van der Waals surface area contributed by atoms with Gasteiger partial charge < -0.3 is 0 Å². The number of hydroxylamine groups is 2. The van der Waals surface area contributed by atoms with E-state index in [9.17, 15) is 21.6 Å². The lowest BCUT2D eigenvalue weighted by Crippen LogP contribution is -2.51. The summed E-state index contributed by atoms with van der Waals surface area (Å²) in [4.78, 5) is 0. The molecule has 9 heteroatoms. The molecule has 0 aromatic carbocycles. The fourth-order valence-corrected chi connectivity index (χ4v) is 2.25. The summed E-state index contributed by atoms with van der Waals surface area (Å²) in [6.45, 7) is -0.265. The van der Waals surface area contributed by atoms with E-state index in [0.717, 1.165) is 0 Å². The molecule has 1 aliphatic heterocycles. The van der Waals surface area contributed by atoms with Crippen LogP contribution in [-0.2, 0) is 14.4 Å². The average Bonchev–Trinajstić information content (AvgIpc) is 1.97. The molecule has 0 bridgehead atoms. The SMILES string of the molecule is CS(=O)(=O)ON1CC(Cl)CCC1C(F)(F)F. The van der Waals surface area contributed by atoms with Crippen molar-refractivity contribution >= 4 is 21.7 Å². The Labute approximate surface area is 96.4 Å². The third-order valence-electron chi connectivity index (χ3n) is 2.09. The number of rotatable bonds is 2. The maximum absolute atomic E-state index is 12.5. The number of alkyl halides is 4. The summed E-state index contributed by atoms with van der Waals surface area (Å²) in [7, 11) is -3.97. The van der Waals surface area contributed by atoms with Crippen LogP contribution in [0.1, 0.15) is 12.8 Å². The van der Waals surface area contributed by atoms with Gasteiger partial charge in [0.2, 0.25) is 0 Å². The van der Waals surface area contributed by atoms with Crippen molar-refractivity contribution in [3.63, 3.8) is 0 Å². The molecule has 2 unspecified atom stereocenters. The monoisotopic (exact) mass is 281 g/mol. The summed E-state index contributed by atoms with van der Waals surface area (Å²) >= 11 is 5.67. The number of piperidine rings is 1. The Kier molecular flexibility index (Phi) is 4.09. The van der Waals surface area contributed by atoms with Crippen molar-refractivity contribution in [1.82, 2.24) is 5.06 Å². The molecule has 4 nitrogen and oxygen atoms in total. The Morgan fingerprint density at radius 1 is 1.38 bits per heavy atom. The van der Waals surface area contributed by atoms with Gasteiger partial charge in [0.25, 0.3) is 10.1 Å². The summed E-state index contributed by atoms with van der Waals surface area (Å²) in [5.74, 6) is 0. The molecule has 1 saturated heterocycles. The molecule has 1 rings (SSSR count). The van der Waals surface area contributed by atoms with Crippen LogP contribution in [-0.4, -0.2) is 43.9 Å². The molecule has 1 aliphatic rings. The Balaban J connectivity index is 2.82. The molecule has 0 amide bonds. The molecule has 0 aromatic rings. The second-order valence-corrected chi connectivity index (χ2v) is 5.78. The quantitative estimate of drug-likeness (QED) is 0.720. The van der Waals surface area contributed by atoms with Gasteiger partial charge in [0.1, 0.15) is 6.04 Å². The third kappa shape index (κ3) is 4.08. The van der Waals surface area contributed by atoms with E-state index in [2.05, 4.69) is 4.28 Å². The van der Waals surface area contributed by atoms with Crippen molar-refractivity contribution in [3.8, 4) is 0 Å². The predicted molar refractivity (Wildman–Crippen MR) is 51.4 cm³/mol. The van der Waals surface area contributed by atoms with E-state index in [0.29, 0.717) is 11.3 Å². The van der Waals surface area contributed by atoms with Gasteiger partial charge in [-0.2, -0.15) is 30.9 Å². The van der Waals surface area contributed by atoms with E-state index in [4.69, 9.17) is 11.6 Å². The predicted octanol–water partition coefficient (Wildman–Crippen LogP) is 1.51. The van der Waals surface area contributed by atoms with Crippen molar-refractivity contribution in [3.05, 3.63) is 0 Å². The first-order chi connectivity index (χ1) is 7.09. The first-order valence-corrected chi connectivity index (χ1v) is 6.72. The van der Waals surface area contributed by atoms with E-state index in [-0.39, 0.29) is 19.4 Å². The lowest BCUT2D eigenvalue weighted by Gasteiger charge is -2.36. The van der Waals surface area contributed by atoms with Gasteiger partial charge in [0, 0.05) is 11.9 Å². The van der Waals surface area contributed by atoms with E-state index in [1.165, 1.54) is 0 Å². The lowest BCUT2D eigenvalue weighted by molar-refractivity contribution is -0.245. The Hall–Kier alpha value is -0.0500. The van der Waals surface area contributed by atoms with Gasteiger partial charge in [0.15, 0.2) is 0 Å². The fraction of sp³-hybridized carbons (Fsp3) is 1.00. The molecule has 1 heterocycles. The van der Waals surface area contributed by atoms with Crippen LogP contribution < -0.4 is 0 Å². The minimum absolute atomic E-state index is 0.176. The standard InChI is InChI=1S/C7H11ClF3NO3S/c1-16(13,14)15-12-4-5(8)2-3-6(12)7(9,10)11/h5-6H,2-4H2,1H3. The minimum atomic E-state index is -4.53. The van der Waals surface area contributed by atoms with Crippen LogP contribution >= 0.6 is 11.6 Å². The Morgan fingerprint density at radius 3 is 2.38 bits per heavy atom. The molecule has 0 aromatic heterocycles. The number of halogens is 4. The van der Waals surface area contributed by atoms with Crippen molar-refractivity contribution in [1.29, 1.82) is 0 Å². The van der Waals surface area contributed by atoms with Crippen molar-refractivity contribution in [2.24, 2.45) is 0 Å². The molecule has 1 fully saturated rings. The van der Waals surface area contributed by atoms with Gasteiger partial charge in [-0.1, -0.05) is 0 Å². The molecule has 0 N–H and O–H groups in total. The van der Waals surface area contributed by atoms with Gasteiger partial charge >= 0.3 is 6.18 Å². The van der Waals surface area contributed by atoms with Crippen LogP contribution in [0.2, 0.25) is 0 Å². The maximum atomic E-state index is 12.5. The van der Waals surface area contributed by atoms with Gasteiger partial charge in [-0.25, -0.2) is 0 Å². The Bertz CT molecular complexity index is 345. The zero-order valence-corrected chi connectivity index (χ0v) is 9.94. The first-order valence-electron chi connectivity index (χ1n) is 4.46. The van der Waals surface area contributed by atoms with Gasteiger partial charge in [-0.3, -0.25) is 0 Å². The molecule has 96 valence electrons. The number of nitrogens with zero attached hydrogens (tertiary/aromatic N) is 1. The summed E-state index contributed by atoms with van der Waals surface area (Å²) in [5.41, 5.74) is 0. The van der Waals surface area contributed by atoms with E-state index >= 15 is 0 Å². The van der Waals surface area contributed by atoms with Crippen molar-refractivity contribution in [2.75, 3.05) is 12.8 Å². The van der Waals surface area contributed by atoms with Crippen LogP contribution in [0.4, 0.5) is 13.2 Å². The molecule has 0 radical (unpaired) electrons. The summed E-state index contributed by atoms with van der Waals surface area (Å²) < 4.78 is 63.5. The first kappa shape index (κ1) is 14.0. The molecular formula is C7H11ClF3NO3S. The molecule has 16 heavy (non-hydrogen) atoms. The van der Waals surface area contributed by atoms with Crippen LogP contribution in [0.5, 0.6) is 0 Å². The van der Waals surface area contributed by atoms with Gasteiger partial charge in [-0.15, -0.1) is 11.6 Å².